The highest BCUT2D eigenvalue weighted by atomic mass is 35.5. The van der Waals surface area contributed by atoms with Crippen molar-refractivity contribution >= 4 is 23.5 Å². The highest BCUT2D eigenvalue weighted by Gasteiger charge is 2.30. The number of amides is 1. The average molecular weight is 326 g/mol. The van der Waals surface area contributed by atoms with Crippen molar-refractivity contribution in [1.82, 2.24) is 5.32 Å². The monoisotopic (exact) mass is 325 g/mol. The summed E-state index contributed by atoms with van der Waals surface area (Å²) >= 11 is 5.98. The molecule has 1 aromatic rings. The van der Waals surface area contributed by atoms with E-state index in [1.165, 1.54) is 0 Å². The molecule has 5 heteroatoms. The van der Waals surface area contributed by atoms with E-state index in [0.717, 1.165) is 12.0 Å². The van der Waals surface area contributed by atoms with Crippen LogP contribution in [0.3, 0.4) is 0 Å². The Kier molecular flexibility index (Phi) is 6.00. The molecule has 0 unspecified atom stereocenters. The van der Waals surface area contributed by atoms with E-state index in [0.29, 0.717) is 11.6 Å². The van der Waals surface area contributed by atoms with Crippen molar-refractivity contribution in [1.29, 1.82) is 0 Å². The molecule has 0 aliphatic heterocycles. The van der Waals surface area contributed by atoms with E-state index < -0.39 is 11.4 Å². The number of nitrogens with one attached hydrogen (secondary N) is 1. The third kappa shape index (κ3) is 6.06. The van der Waals surface area contributed by atoms with Gasteiger partial charge in [0.05, 0.1) is 5.41 Å². The van der Waals surface area contributed by atoms with Crippen molar-refractivity contribution in [2.45, 2.75) is 40.5 Å². The van der Waals surface area contributed by atoms with E-state index in [9.17, 15) is 9.59 Å². The van der Waals surface area contributed by atoms with Crippen molar-refractivity contribution in [3.63, 3.8) is 0 Å². The van der Waals surface area contributed by atoms with Gasteiger partial charge in [-0.3, -0.25) is 9.59 Å². The van der Waals surface area contributed by atoms with Gasteiger partial charge >= 0.3 is 5.97 Å². The smallest absolute Gasteiger partial charge is 0.309 e. The predicted molar refractivity (Wildman–Crippen MR) is 88.0 cm³/mol. The third-order valence-electron chi connectivity index (χ3n) is 3.52. The van der Waals surface area contributed by atoms with E-state index in [-0.39, 0.29) is 17.7 Å². The molecule has 0 aliphatic rings. The molecule has 0 radical (unpaired) electrons. The van der Waals surface area contributed by atoms with Crippen molar-refractivity contribution < 1.29 is 14.7 Å². The Labute approximate surface area is 136 Å². The van der Waals surface area contributed by atoms with Gasteiger partial charge in [-0.1, -0.05) is 37.6 Å². The Bertz CT molecular complexity index is 553. The van der Waals surface area contributed by atoms with Crippen LogP contribution in [0.4, 0.5) is 0 Å². The summed E-state index contributed by atoms with van der Waals surface area (Å²) in [6.45, 7) is 7.68. The molecule has 0 saturated heterocycles. The first-order valence-electron chi connectivity index (χ1n) is 7.26. The summed E-state index contributed by atoms with van der Waals surface area (Å²) in [5.74, 6) is -1.22. The summed E-state index contributed by atoms with van der Waals surface area (Å²) in [6.07, 6.45) is 0.742. The summed E-state index contributed by atoms with van der Waals surface area (Å²) in [7, 11) is 0. The quantitative estimate of drug-likeness (QED) is 0.806. The molecule has 0 fully saturated rings. The first-order valence-corrected chi connectivity index (χ1v) is 7.64. The second-order valence-corrected chi connectivity index (χ2v) is 7.55. The largest absolute Gasteiger partial charge is 0.481 e. The maximum absolute atomic E-state index is 11.9. The Morgan fingerprint density at radius 2 is 1.86 bits per heavy atom. The Morgan fingerprint density at radius 3 is 2.41 bits per heavy atom. The van der Waals surface area contributed by atoms with Gasteiger partial charge in [0.25, 0.3) is 0 Å². The predicted octanol–water partition coefficient (Wildman–Crippen LogP) is 3.53. The molecule has 0 atom stereocenters. The number of carbonyl (C=O) groups is 2. The molecule has 1 amide bonds. The van der Waals surface area contributed by atoms with E-state index in [2.05, 4.69) is 19.2 Å². The molecule has 2 N–H and O–H groups in total. The lowest BCUT2D eigenvalue weighted by atomic mass is 9.85. The minimum Gasteiger partial charge on any atom is -0.481 e. The fourth-order valence-corrected chi connectivity index (χ4v) is 2.35. The van der Waals surface area contributed by atoms with Gasteiger partial charge in [-0.15, -0.1) is 0 Å². The Hall–Kier alpha value is -1.55. The standard InChI is InChI=1S/C17H24ClNO3/c1-16(2,9-12-6-5-7-13(18)8-12)11-19-14(20)10-17(3,4)15(21)22/h5-8H,9-11H2,1-4H3,(H,19,20)(H,21,22). The summed E-state index contributed by atoms with van der Waals surface area (Å²) < 4.78 is 0. The molecule has 1 rings (SSSR count). The fourth-order valence-electron chi connectivity index (χ4n) is 2.14. The second kappa shape index (κ2) is 7.14. The van der Waals surface area contributed by atoms with Crippen molar-refractivity contribution in [3.05, 3.63) is 34.9 Å². The zero-order valence-electron chi connectivity index (χ0n) is 13.6. The van der Waals surface area contributed by atoms with Gasteiger partial charge in [-0.25, -0.2) is 0 Å². The minimum absolute atomic E-state index is 0.0322. The van der Waals surface area contributed by atoms with Crippen molar-refractivity contribution in [2.75, 3.05) is 6.54 Å². The van der Waals surface area contributed by atoms with Crippen LogP contribution in [0, 0.1) is 10.8 Å². The summed E-state index contributed by atoms with van der Waals surface area (Å²) in [6, 6.07) is 7.65. The summed E-state index contributed by atoms with van der Waals surface area (Å²) in [5, 5.41) is 12.6. The van der Waals surface area contributed by atoms with Crippen molar-refractivity contribution in [2.24, 2.45) is 10.8 Å². The molecule has 0 aliphatic carbocycles. The van der Waals surface area contributed by atoms with Gasteiger partial charge in [0.15, 0.2) is 0 Å². The summed E-state index contributed by atoms with van der Waals surface area (Å²) in [5.41, 5.74) is -0.0906. The van der Waals surface area contributed by atoms with E-state index in [1.807, 2.05) is 24.3 Å². The summed E-state index contributed by atoms with van der Waals surface area (Å²) in [4.78, 5) is 23.0. The lowest BCUT2D eigenvalue weighted by molar-refractivity contribution is -0.149. The number of hydrogen-bond acceptors (Lipinski definition) is 2. The van der Waals surface area contributed by atoms with Crippen LogP contribution in [0.1, 0.15) is 39.7 Å². The number of halogens is 1. The van der Waals surface area contributed by atoms with Crippen LogP contribution in [0.5, 0.6) is 0 Å². The number of carboxylic acids is 1. The minimum atomic E-state index is -1.05. The average Bonchev–Trinajstić information content (AvgIpc) is 2.35. The molecule has 0 heterocycles. The molecule has 122 valence electrons. The Balaban J connectivity index is 2.55. The molecule has 22 heavy (non-hydrogen) atoms. The van der Waals surface area contributed by atoms with Gasteiger partial charge in [-0.2, -0.15) is 0 Å². The van der Waals surface area contributed by atoms with Gasteiger partial charge in [0.1, 0.15) is 0 Å². The fraction of sp³-hybridized carbons (Fsp3) is 0.529. The SMILES string of the molecule is CC(C)(CNC(=O)CC(C)(C)C(=O)O)Cc1cccc(Cl)c1. The molecular weight excluding hydrogens is 302 g/mol. The number of aliphatic carboxylic acids is 1. The molecular formula is C17H24ClNO3. The molecule has 0 bridgehead atoms. The number of carbonyl (C=O) groups excluding carboxylic acids is 1. The molecule has 0 aromatic heterocycles. The zero-order chi connectivity index (χ0) is 17.0. The highest BCUT2D eigenvalue weighted by molar-refractivity contribution is 6.30. The van der Waals surface area contributed by atoms with Crippen LogP contribution in [0.25, 0.3) is 0 Å². The maximum atomic E-state index is 11.9. The molecule has 4 nitrogen and oxygen atoms in total. The first kappa shape index (κ1) is 18.5. The molecule has 1 aromatic carbocycles. The van der Waals surface area contributed by atoms with Gasteiger partial charge in [0, 0.05) is 18.0 Å². The number of rotatable bonds is 7. The van der Waals surface area contributed by atoms with Crippen molar-refractivity contribution in [3.8, 4) is 0 Å². The maximum Gasteiger partial charge on any atom is 0.309 e. The van der Waals surface area contributed by atoms with Crippen LogP contribution in [-0.4, -0.2) is 23.5 Å². The van der Waals surface area contributed by atoms with Gasteiger partial charge in [-0.05, 0) is 43.4 Å². The van der Waals surface area contributed by atoms with E-state index >= 15 is 0 Å². The topological polar surface area (TPSA) is 66.4 Å². The zero-order valence-corrected chi connectivity index (χ0v) is 14.3. The van der Waals surface area contributed by atoms with Crippen LogP contribution < -0.4 is 5.32 Å². The molecule has 0 spiro atoms. The van der Waals surface area contributed by atoms with E-state index in [4.69, 9.17) is 16.7 Å². The third-order valence-corrected chi connectivity index (χ3v) is 3.75. The van der Waals surface area contributed by atoms with Crippen LogP contribution in [-0.2, 0) is 16.0 Å². The normalized spacial score (nSPS) is 12.0. The van der Waals surface area contributed by atoms with Crippen LogP contribution >= 0.6 is 11.6 Å². The number of carboxylic acid groups (broad SMARTS) is 1. The number of benzene rings is 1. The van der Waals surface area contributed by atoms with Crippen LogP contribution in [0.15, 0.2) is 24.3 Å². The lowest BCUT2D eigenvalue weighted by Gasteiger charge is -2.26. The number of hydrogen-bond donors (Lipinski definition) is 2. The first-order chi connectivity index (χ1) is 10.0. The highest BCUT2D eigenvalue weighted by Crippen LogP contribution is 2.24. The van der Waals surface area contributed by atoms with Crippen LogP contribution in [0.2, 0.25) is 5.02 Å². The second-order valence-electron chi connectivity index (χ2n) is 7.11. The van der Waals surface area contributed by atoms with Gasteiger partial charge in [0.2, 0.25) is 5.91 Å². The lowest BCUT2D eigenvalue weighted by Crippen LogP contribution is -2.38. The van der Waals surface area contributed by atoms with Gasteiger partial charge < -0.3 is 10.4 Å². The Morgan fingerprint density at radius 1 is 1.23 bits per heavy atom. The van der Waals surface area contributed by atoms with E-state index in [1.54, 1.807) is 13.8 Å². The molecule has 0 saturated carbocycles.